The highest BCUT2D eigenvalue weighted by Gasteiger charge is 2.29. The third-order valence-corrected chi connectivity index (χ3v) is 5.21. The lowest BCUT2D eigenvalue weighted by molar-refractivity contribution is 0.0454. The van der Waals surface area contributed by atoms with Crippen molar-refractivity contribution in [1.29, 1.82) is 0 Å². The van der Waals surface area contributed by atoms with Gasteiger partial charge in [-0.25, -0.2) is 0 Å². The Hall–Kier alpha value is -2.14. The van der Waals surface area contributed by atoms with Crippen molar-refractivity contribution >= 4 is 5.91 Å². The van der Waals surface area contributed by atoms with Crippen LogP contribution in [-0.2, 0) is 0 Å². The van der Waals surface area contributed by atoms with Gasteiger partial charge in [-0.2, -0.15) is 5.10 Å². The fraction of sp³-hybridized carbons (Fsp3) is 0.524. The van der Waals surface area contributed by atoms with Crippen LogP contribution in [0.4, 0.5) is 0 Å². The highest BCUT2D eigenvalue weighted by molar-refractivity contribution is 5.94. The predicted octanol–water partition coefficient (Wildman–Crippen LogP) is 3.97. The minimum absolute atomic E-state index is 0.0289. The van der Waals surface area contributed by atoms with Gasteiger partial charge in [0.1, 0.15) is 0 Å². The second-order valence-corrected chi connectivity index (χ2v) is 7.48. The molecule has 1 amide bonds. The molecule has 1 saturated carbocycles. The molecule has 140 valence electrons. The van der Waals surface area contributed by atoms with E-state index in [1.54, 1.807) is 10.9 Å². The lowest BCUT2D eigenvalue weighted by Gasteiger charge is -2.35. The molecular weight excluding hydrogens is 326 g/mol. The summed E-state index contributed by atoms with van der Waals surface area (Å²) in [5, 5.41) is 15.0. The molecule has 1 aliphatic rings. The van der Waals surface area contributed by atoms with E-state index in [0.717, 1.165) is 31.2 Å². The Morgan fingerprint density at radius 1 is 1.23 bits per heavy atom. The highest BCUT2D eigenvalue weighted by atomic mass is 16.3. The molecule has 1 aliphatic carbocycles. The molecule has 1 unspecified atom stereocenters. The van der Waals surface area contributed by atoms with Gasteiger partial charge in [0.15, 0.2) is 0 Å². The van der Waals surface area contributed by atoms with Gasteiger partial charge in [-0.05, 0) is 32.3 Å². The molecule has 5 heteroatoms. The van der Waals surface area contributed by atoms with Gasteiger partial charge in [-0.15, -0.1) is 0 Å². The number of aliphatic hydroxyl groups excluding tert-OH is 1. The van der Waals surface area contributed by atoms with E-state index in [2.05, 4.69) is 5.10 Å². The monoisotopic (exact) mass is 355 g/mol. The average molecular weight is 355 g/mol. The molecule has 1 aromatic heterocycles. The van der Waals surface area contributed by atoms with E-state index >= 15 is 0 Å². The molecule has 0 bridgehead atoms. The van der Waals surface area contributed by atoms with Crippen molar-refractivity contribution in [3.05, 3.63) is 53.9 Å². The van der Waals surface area contributed by atoms with Crippen molar-refractivity contribution in [3.8, 4) is 0 Å². The predicted molar refractivity (Wildman–Crippen MR) is 102 cm³/mol. The summed E-state index contributed by atoms with van der Waals surface area (Å²) < 4.78 is 1.81. The van der Waals surface area contributed by atoms with Gasteiger partial charge < -0.3 is 10.0 Å². The Kier molecular flexibility index (Phi) is 6.09. The lowest BCUT2D eigenvalue weighted by atomic mass is 9.93. The summed E-state index contributed by atoms with van der Waals surface area (Å²) in [4.78, 5) is 15.1. The Balaban J connectivity index is 1.81. The van der Waals surface area contributed by atoms with Crippen LogP contribution in [0, 0.1) is 0 Å². The summed E-state index contributed by atoms with van der Waals surface area (Å²) in [5.74, 6) is -0.0289. The lowest BCUT2D eigenvalue weighted by Crippen LogP contribution is -2.43. The maximum atomic E-state index is 13.2. The first-order valence-corrected chi connectivity index (χ1v) is 9.64. The van der Waals surface area contributed by atoms with Crippen LogP contribution in [0.15, 0.2) is 42.7 Å². The fourth-order valence-electron chi connectivity index (χ4n) is 3.65. The summed E-state index contributed by atoms with van der Waals surface area (Å²) in [7, 11) is 0. The van der Waals surface area contributed by atoms with Crippen molar-refractivity contribution in [2.45, 2.75) is 64.1 Å². The number of hydrogen-bond acceptors (Lipinski definition) is 3. The SMILES string of the molecule is CC(C)n1cc(C(=O)N(CC(O)c2ccccc2)C2CCCCC2)cn1. The molecule has 26 heavy (non-hydrogen) atoms. The van der Waals surface area contributed by atoms with Crippen molar-refractivity contribution in [1.82, 2.24) is 14.7 Å². The number of carbonyl (C=O) groups excluding carboxylic acids is 1. The Labute approximate surface area is 155 Å². The number of carbonyl (C=O) groups is 1. The summed E-state index contributed by atoms with van der Waals surface area (Å²) in [6.45, 7) is 4.40. The number of nitrogens with zero attached hydrogens (tertiary/aromatic N) is 3. The first-order chi connectivity index (χ1) is 12.6. The normalized spacial score (nSPS) is 16.6. The minimum Gasteiger partial charge on any atom is -0.387 e. The number of aliphatic hydroxyl groups is 1. The summed E-state index contributed by atoms with van der Waals surface area (Å²) in [6.07, 6.45) is 8.30. The number of benzene rings is 1. The van der Waals surface area contributed by atoms with Crippen LogP contribution in [-0.4, -0.2) is 38.3 Å². The molecule has 0 radical (unpaired) electrons. The van der Waals surface area contributed by atoms with Gasteiger partial charge in [-0.3, -0.25) is 9.48 Å². The second kappa shape index (κ2) is 8.49. The zero-order chi connectivity index (χ0) is 18.5. The van der Waals surface area contributed by atoms with Crippen LogP contribution in [0.2, 0.25) is 0 Å². The fourth-order valence-corrected chi connectivity index (χ4v) is 3.65. The maximum absolute atomic E-state index is 13.2. The van der Waals surface area contributed by atoms with E-state index in [9.17, 15) is 9.90 Å². The van der Waals surface area contributed by atoms with Gasteiger partial charge in [0, 0.05) is 18.3 Å². The molecule has 1 N–H and O–H groups in total. The average Bonchev–Trinajstić information content (AvgIpc) is 3.17. The van der Waals surface area contributed by atoms with Crippen LogP contribution >= 0.6 is 0 Å². The molecule has 3 rings (SSSR count). The Morgan fingerprint density at radius 2 is 1.92 bits per heavy atom. The molecule has 1 heterocycles. The van der Waals surface area contributed by atoms with Gasteiger partial charge in [0.25, 0.3) is 5.91 Å². The largest absolute Gasteiger partial charge is 0.387 e. The topological polar surface area (TPSA) is 58.4 Å². The summed E-state index contributed by atoms with van der Waals surface area (Å²) in [5.41, 5.74) is 1.45. The van der Waals surface area contributed by atoms with Crippen LogP contribution in [0.3, 0.4) is 0 Å². The van der Waals surface area contributed by atoms with Crippen molar-refractivity contribution in [3.63, 3.8) is 0 Å². The van der Waals surface area contributed by atoms with Crippen LogP contribution in [0.5, 0.6) is 0 Å². The highest BCUT2D eigenvalue weighted by Crippen LogP contribution is 2.26. The van der Waals surface area contributed by atoms with Gasteiger partial charge in [0.2, 0.25) is 0 Å². The Morgan fingerprint density at radius 3 is 2.54 bits per heavy atom. The molecule has 1 fully saturated rings. The minimum atomic E-state index is -0.678. The quantitative estimate of drug-likeness (QED) is 0.853. The molecule has 2 aromatic rings. The van der Waals surface area contributed by atoms with Gasteiger partial charge in [0.05, 0.1) is 24.4 Å². The molecule has 1 aromatic carbocycles. The number of rotatable bonds is 6. The van der Waals surface area contributed by atoms with E-state index in [0.29, 0.717) is 12.1 Å². The molecule has 0 saturated heterocycles. The summed E-state index contributed by atoms with van der Waals surface area (Å²) >= 11 is 0. The van der Waals surface area contributed by atoms with Crippen LogP contribution < -0.4 is 0 Å². The molecule has 1 atom stereocenters. The van der Waals surface area contributed by atoms with Gasteiger partial charge in [-0.1, -0.05) is 49.6 Å². The maximum Gasteiger partial charge on any atom is 0.257 e. The second-order valence-electron chi connectivity index (χ2n) is 7.48. The summed E-state index contributed by atoms with van der Waals surface area (Å²) in [6, 6.07) is 9.98. The van der Waals surface area contributed by atoms with E-state index < -0.39 is 6.10 Å². The number of hydrogen-bond donors (Lipinski definition) is 1. The number of amides is 1. The van der Waals surface area contributed by atoms with E-state index in [-0.39, 0.29) is 18.0 Å². The molecular formula is C21H29N3O2. The third kappa shape index (κ3) is 4.33. The molecule has 0 aliphatic heterocycles. The van der Waals surface area contributed by atoms with Crippen molar-refractivity contribution in [2.75, 3.05) is 6.54 Å². The van der Waals surface area contributed by atoms with E-state index in [1.165, 1.54) is 6.42 Å². The Bertz CT molecular complexity index is 705. The number of aromatic nitrogens is 2. The van der Waals surface area contributed by atoms with E-state index in [1.807, 2.05) is 55.3 Å². The first-order valence-electron chi connectivity index (χ1n) is 9.64. The zero-order valence-corrected chi connectivity index (χ0v) is 15.7. The van der Waals surface area contributed by atoms with Crippen molar-refractivity contribution in [2.24, 2.45) is 0 Å². The van der Waals surface area contributed by atoms with Crippen LogP contribution in [0.25, 0.3) is 0 Å². The van der Waals surface area contributed by atoms with Crippen LogP contribution in [0.1, 0.15) is 74.0 Å². The van der Waals surface area contributed by atoms with Crippen molar-refractivity contribution < 1.29 is 9.90 Å². The smallest absolute Gasteiger partial charge is 0.257 e. The first kappa shape index (κ1) is 18.6. The van der Waals surface area contributed by atoms with E-state index in [4.69, 9.17) is 0 Å². The molecule has 0 spiro atoms. The standard InChI is InChI=1S/C21H29N3O2/c1-16(2)24-14-18(13-22-24)21(26)23(19-11-7-4-8-12-19)15-20(25)17-9-5-3-6-10-17/h3,5-6,9-10,13-14,16,19-20,25H,4,7-8,11-12,15H2,1-2H3. The zero-order valence-electron chi connectivity index (χ0n) is 15.7. The van der Waals surface area contributed by atoms with Gasteiger partial charge >= 0.3 is 0 Å². The third-order valence-electron chi connectivity index (χ3n) is 5.21. The molecule has 5 nitrogen and oxygen atoms in total.